The van der Waals surface area contributed by atoms with Crippen LogP contribution in [0.5, 0.6) is 0 Å². The molecule has 0 aliphatic rings. The van der Waals surface area contributed by atoms with E-state index >= 15 is 0 Å². The number of aromatic nitrogens is 2. The topological polar surface area (TPSA) is 47.2 Å². The van der Waals surface area contributed by atoms with E-state index in [2.05, 4.69) is 10.1 Å². The monoisotopic (exact) mass is 339 g/mol. The van der Waals surface area contributed by atoms with Crippen LogP contribution in [0, 0.1) is 29.1 Å². The molecule has 0 saturated carbocycles. The third kappa shape index (κ3) is 2.43. The minimum absolute atomic E-state index is 0.176. The SMILES string of the molecule is O=c1c2ccccc2ncn1/N=C/c1c(F)c(F)c(F)c(F)c1F. The van der Waals surface area contributed by atoms with E-state index in [0.29, 0.717) is 16.4 Å². The zero-order chi connectivity index (χ0) is 17.4. The van der Waals surface area contributed by atoms with E-state index in [1.54, 1.807) is 18.2 Å². The molecule has 0 atom stereocenters. The predicted octanol–water partition coefficient (Wildman–Crippen LogP) is 2.97. The highest BCUT2D eigenvalue weighted by Gasteiger charge is 2.24. The zero-order valence-electron chi connectivity index (χ0n) is 11.6. The zero-order valence-corrected chi connectivity index (χ0v) is 11.6. The summed E-state index contributed by atoms with van der Waals surface area (Å²) in [5, 5.41) is 3.62. The molecule has 9 heteroatoms. The predicted molar refractivity (Wildman–Crippen MR) is 75.2 cm³/mol. The quantitative estimate of drug-likeness (QED) is 0.312. The summed E-state index contributed by atoms with van der Waals surface area (Å²) in [6, 6.07) is 6.24. The third-order valence-corrected chi connectivity index (χ3v) is 3.20. The molecule has 0 saturated heterocycles. The van der Waals surface area contributed by atoms with Crippen LogP contribution in [0.15, 0.2) is 40.5 Å². The molecule has 3 rings (SSSR count). The van der Waals surface area contributed by atoms with Crippen LogP contribution in [-0.2, 0) is 0 Å². The lowest BCUT2D eigenvalue weighted by Gasteiger charge is -2.04. The Bertz CT molecular complexity index is 1020. The van der Waals surface area contributed by atoms with E-state index in [9.17, 15) is 26.7 Å². The number of hydrogen-bond donors (Lipinski definition) is 0. The van der Waals surface area contributed by atoms with Crippen LogP contribution in [0.1, 0.15) is 5.56 Å². The number of para-hydroxylation sites is 1. The summed E-state index contributed by atoms with van der Waals surface area (Å²) in [7, 11) is 0. The molecule has 24 heavy (non-hydrogen) atoms. The Labute approximate surface area is 130 Å². The van der Waals surface area contributed by atoms with E-state index in [0.717, 1.165) is 6.33 Å². The van der Waals surface area contributed by atoms with Crippen molar-refractivity contribution >= 4 is 17.1 Å². The molecule has 0 spiro atoms. The fraction of sp³-hybridized carbons (Fsp3) is 0. The first-order chi connectivity index (χ1) is 11.4. The second-order valence-corrected chi connectivity index (χ2v) is 4.64. The summed E-state index contributed by atoms with van der Waals surface area (Å²) in [5.41, 5.74) is -1.56. The lowest BCUT2D eigenvalue weighted by molar-refractivity contribution is 0.377. The van der Waals surface area contributed by atoms with Gasteiger partial charge in [-0.2, -0.15) is 9.78 Å². The van der Waals surface area contributed by atoms with Crippen molar-refractivity contribution in [2.24, 2.45) is 5.10 Å². The van der Waals surface area contributed by atoms with Crippen molar-refractivity contribution in [1.82, 2.24) is 9.66 Å². The highest BCUT2D eigenvalue weighted by molar-refractivity contribution is 5.81. The molecule has 0 radical (unpaired) electrons. The molecule has 0 aliphatic carbocycles. The number of fused-ring (bicyclic) bond motifs is 1. The summed E-state index contributed by atoms with van der Waals surface area (Å²) in [6.45, 7) is 0. The first-order valence-electron chi connectivity index (χ1n) is 6.44. The maximum Gasteiger partial charge on any atom is 0.281 e. The fourth-order valence-electron chi connectivity index (χ4n) is 2.00. The van der Waals surface area contributed by atoms with E-state index < -0.39 is 40.2 Å². The Morgan fingerprint density at radius 3 is 2.17 bits per heavy atom. The number of rotatable bonds is 2. The lowest BCUT2D eigenvalue weighted by Crippen LogP contribution is -2.17. The average molecular weight is 339 g/mol. The largest absolute Gasteiger partial charge is 0.281 e. The van der Waals surface area contributed by atoms with Crippen LogP contribution < -0.4 is 5.56 Å². The van der Waals surface area contributed by atoms with Crippen molar-refractivity contribution in [2.75, 3.05) is 0 Å². The number of benzene rings is 2. The molecule has 4 nitrogen and oxygen atoms in total. The molecule has 2 aromatic carbocycles. The Balaban J connectivity index is 2.13. The van der Waals surface area contributed by atoms with Gasteiger partial charge in [0.15, 0.2) is 23.3 Å². The standard InChI is InChI=1S/C15H6F5N3O/c16-10-8(11(17)13(19)14(20)12(10)18)5-22-23-6-21-9-4-2-1-3-7(9)15(23)24/h1-6H/b22-5+. The minimum Gasteiger partial charge on any atom is -0.267 e. The number of halogens is 5. The molecular formula is C15H6F5N3O. The Morgan fingerprint density at radius 1 is 0.917 bits per heavy atom. The Kier molecular flexibility index (Phi) is 3.84. The summed E-state index contributed by atoms with van der Waals surface area (Å²) >= 11 is 0. The molecule has 122 valence electrons. The average Bonchev–Trinajstić information content (AvgIpc) is 2.60. The van der Waals surface area contributed by atoms with Gasteiger partial charge in [-0.05, 0) is 12.1 Å². The van der Waals surface area contributed by atoms with E-state index in [-0.39, 0.29) is 5.39 Å². The third-order valence-electron chi connectivity index (χ3n) is 3.20. The molecule has 0 N–H and O–H groups in total. The smallest absolute Gasteiger partial charge is 0.267 e. The van der Waals surface area contributed by atoms with E-state index in [1.807, 2.05) is 0 Å². The molecule has 0 fully saturated rings. The molecule has 0 unspecified atom stereocenters. The van der Waals surface area contributed by atoms with Gasteiger partial charge >= 0.3 is 0 Å². The van der Waals surface area contributed by atoms with Crippen LogP contribution in [-0.4, -0.2) is 15.9 Å². The summed E-state index contributed by atoms with van der Waals surface area (Å²) < 4.78 is 66.9. The molecule has 1 heterocycles. The molecule has 0 amide bonds. The second kappa shape index (κ2) is 5.84. The van der Waals surface area contributed by atoms with E-state index in [1.165, 1.54) is 6.07 Å². The van der Waals surface area contributed by atoms with Gasteiger partial charge in [-0.25, -0.2) is 26.9 Å². The highest BCUT2D eigenvalue weighted by Crippen LogP contribution is 2.21. The van der Waals surface area contributed by atoms with Crippen molar-refractivity contribution in [3.63, 3.8) is 0 Å². The van der Waals surface area contributed by atoms with Crippen LogP contribution in [0.2, 0.25) is 0 Å². The molecule has 0 aliphatic heterocycles. The normalized spacial score (nSPS) is 11.5. The molecule has 0 bridgehead atoms. The molecule has 1 aromatic heterocycles. The first-order valence-corrected chi connectivity index (χ1v) is 6.44. The Morgan fingerprint density at radius 2 is 1.50 bits per heavy atom. The number of hydrogen-bond acceptors (Lipinski definition) is 3. The summed E-state index contributed by atoms with van der Waals surface area (Å²) in [5.74, 6) is -10.6. The van der Waals surface area contributed by atoms with Gasteiger partial charge < -0.3 is 0 Å². The van der Waals surface area contributed by atoms with Gasteiger partial charge in [0.2, 0.25) is 5.82 Å². The molecular weight excluding hydrogens is 333 g/mol. The summed E-state index contributed by atoms with van der Waals surface area (Å²) in [6.07, 6.45) is 1.33. The maximum atomic E-state index is 13.5. The van der Waals surface area contributed by atoms with Gasteiger partial charge in [0.05, 0.1) is 22.7 Å². The van der Waals surface area contributed by atoms with Gasteiger partial charge in [0, 0.05) is 0 Å². The highest BCUT2D eigenvalue weighted by atomic mass is 19.2. The second-order valence-electron chi connectivity index (χ2n) is 4.64. The van der Waals surface area contributed by atoms with Crippen LogP contribution in [0.3, 0.4) is 0 Å². The van der Waals surface area contributed by atoms with Crippen molar-refractivity contribution in [3.05, 3.63) is 75.6 Å². The van der Waals surface area contributed by atoms with Crippen LogP contribution in [0.4, 0.5) is 22.0 Å². The minimum atomic E-state index is -2.27. The van der Waals surface area contributed by atoms with Crippen molar-refractivity contribution in [2.45, 2.75) is 0 Å². The number of nitrogens with zero attached hydrogens (tertiary/aromatic N) is 3. The van der Waals surface area contributed by atoms with Crippen LogP contribution >= 0.6 is 0 Å². The van der Waals surface area contributed by atoms with Gasteiger partial charge in [-0.15, -0.1) is 0 Å². The van der Waals surface area contributed by atoms with Crippen molar-refractivity contribution in [1.29, 1.82) is 0 Å². The van der Waals surface area contributed by atoms with Gasteiger partial charge in [0.1, 0.15) is 6.33 Å². The lowest BCUT2D eigenvalue weighted by atomic mass is 10.2. The maximum absolute atomic E-state index is 13.5. The Hall–Kier alpha value is -3.10. The van der Waals surface area contributed by atoms with Crippen molar-refractivity contribution in [3.8, 4) is 0 Å². The summed E-state index contributed by atoms with van der Waals surface area (Å²) in [4.78, 5) is 16.0. The van der Waals surface area contributed by atoms with E-state index in [4.69, 9.17) is 0 Å². The van der Waals surface area contributed by atoms with Gasteiger partial charge in [-0.1, -0.05) is 12.1 Å². The molecule has 3 aromatic rings. The van der Waals surface area contributed by atoms with Crippen LogP contribution in [0.25, 0.3) is 10.9 Å². The fourth-order valence-corrected chi connectivity index (χ4v) is 2.00. The van der Waals surface area contributed by atoms with Gasteiger partial charge in [0.25, 0.3) is 5.56 Å². The first kappa shape index (κ1) is 15.8. The van der Waals surface area contributed by atoms with Gasteiger partial charge in [-0.3, -0.25) is 4.79 Å². The van der Waals surface area contributed by atoms with Crippen molar-refractivity contribution < 1.29 is 22.0 Å².